The van der Waals surface area contributed by atoms with E-state index in [1.807, 2.05) is 18.2 Å². The molecule has 0 aliphatic carbocycles. The Morgan fingerprint density at radius 1 is 1.31 bits per heavy atom. The Bertz CT molecular complexity index is 589. The van der Waals surface area contributed by atoms with E-state index in [9.17, 15) is 0 Å². The average Bonchev–Trinajstić information content (AvgIpc) is 2.66. The molecule has 26 heavy (non-hydrogen) atoms. The number of guanidine groups is 1. The van der Waals surface area contributed by atoms with Gasteiger partial charge < -0.3 is 20.7 Å². The SMILES string of the molecule is CCN1CCN(C(C)CN=C(N)NC2CCOc3ccccc32)CC1.I. The summed E-state index contributed by atoms with van der Waals surface area (Å²) >= 11 is 0. The number of benzene rings is 1. The fourth-order valence-corrected chi connectivity index (χ4v) is 3.58. The predicted octanol–water partition coefficient (Wildman–Crippen LogP) is 2.06. The molecule has 2 atom stereocenters. The smallest absolute Gasteiger partial charge is 0.189 e. The van der Waals surface area contributed by atoms with Gasteiger partial charge >= 0.3 is 0 Å². The molecule has 2 heterocycles. The number of nitrogens with two attached hydrogens (primary N) is 1. The van der Waals surface area contributed by atoms with Gasteiger partial charge in [-0.05, 0) is 19.5 Å². The first-order valence-corrected chi connectivity index (χ1v) is 9.42. The molecule has 2 unspecified atom stereocenters. The Balaban J connectivity index is 0.00000243. The van der Waals surface area contributed by atoms with Crippen molar-refractivity contribution >= 4 is 29.9 Å². The van der Waals surface area contributed by atoms with Crippen molar-refractivity contribution in [2.75, 3.05) is 45.9 Å². The minimum Gasteiger partial charge on any atom is -0.493 e. The quantitative estimate of drug-likeness (QED) is 0.390. The molecule has 2 aliphatic rings. The van der Waals surface area contributed by atoms with E-state index >= 15 is 0 Å². The van der Waals surface area contributed by atoms with E-state index in [1.54, 1.807) is 0 Å². The van der Waals surface area contributed by atoms with Crippen molar-refractivity contribution in [3.63, 3.8) is 0 Å². The molecule has 1 fully saturated rings. The largest absolute Gasteiger partial charge is 0.493 e. The average molecular weight is 473 g/mol. The van der Waals surface area contributed by atoms with Crippen LogP contribution in [0.25, 0.3) is 0 Å². The van der Waals surface area contributed by atoms with E-state index < -0.39 is 0 Å². The number of fused-ring (bicyclic) bond motifs is 1. The Hall–Kier alpha value is -1.06. The van der Waals surface area contributed by atoms with Gasteiger partial charge in [0.05, 0.1) is 19.2 Å². The lowest BCUT2D eigenvalue weighted by atomic mass is 10.0. The van der Waals surface area contributed by atoms with Gasteiger partial charge in [0.2, 0.25) is 0 Å². The summed E-state index contributed by atoms with van der Waals surface area (Å²) < 4.78 is 5.70. The molecule has 0 radical (unpaired) electrons. The standard InChI is InChI=1S/C19H31N5O.HI/c1-3-23-9-11-24(12-10-23)15(2)14-21-19(20)22-17-8-13-25-18-7-5-4-6-16(17)18;/h4-7,15,17H,3,8-14H2,1-2H3,(H3,20,21,22);1H. The first-order valence-electron chi connectivity index (χ1n) is 9.42. The van der Waals surface area contributed by atoms with Crippen LogP contribution in [0.1, 0.15) is 31.9 Å². The van der Waals surface area contributed by atoms with Crippen molar-refractivity contribution in [1.29, 1.82) is 0 Å². The third-order valence-electron chi connectivity index (χ3n) is 5.28. The van der Waals surface area contributed by atoms with Gasteiger partial charge in [-0.25, -0.2) is 0 Å². The van der Waals surface area contributed by atoms with Crippen molar-refractivity contribution in [2.45, 2.75) is 32.4 Å². The van der Waals surface area contributed by atoms with E-state index in [2.05, 4.69) is 40.0 Å². The van der Waals surface area contributed by atoms with E-state index in [4.69, 9.17) is 10.5 Å². The van der Waals surface area contributed by atoms with Gasteiger partial charge in [0.25, 0.3) is 0 Å². The zero-order valence-electron chi connectivity index (χ0n) is 15.9. The zero-order valence-corrected chi connectivity index (χ0v) is 18.2. The van der Waals surface area contributed by atoms with Gasteiger partial charge in [0.15, 0.2) is 5.96 Å². The molecule has 0 aromatic heterocycles. The topological polar surface area (TPSA) is 66.1 Å². The predicted molar refractivity (Wildman–Crippen MR) is 117 cm³/mol. The highest BCUT2D eigenvalue weighted by molar-refractivity contribution is 14.0. The lowest BCUT2D eigenvalue weighted by molar-refractivity contribution is 0.109. The summed E-state index contributed by atoms with van der Waals surface area (Å²) in [4.78, 5) is 9.59. The monoisotopic (exact) mass is 473 g/mol. The minimum absolute atomic E-state index is 0. The van der Waals surface area contributed by atoms with Crippen LogP contribution >= 0.6 is 24.0 Å². The van der Waals surface area contributed by atoms with Crippen molar-refractivity contribution in [3.8, 4) is 5.75 Å². The van der Waals surface area contributed by atoms with E-state index in [-0.39, 0.29) is 30.0 Å². The number of hydrogen-bond donors (Lipinski definition) is 2. The lowest BCUT2D eigenvalue weighted by Crippen LogP contribution is -2.50. The lowest BCUT2D eigenvalue weighted by Gasteiger charge is -2.37. The Labute approximate surface area is 174 Å². The van der Waals surface area contributed by atoms with Crippen LogP contribution in [-0.2, 0) is 0 Å². The molecular weight excluding hydrogens is 441 g/mol. The van der Waals surface area contributed by atoms with Crippen molar-refractivity contribution < 1.29 is 4.74 Å². The molecule has 6 nitrogen and oxygen atoms in total. The van der Waals surface area contributed by atoms with Crippen LogP contribution in [0.4, 0.5) is 0 Å². The van der Waals surface area contributed by atoms with E-state index in [0.29, 0.717) is 18.6 Å². The molecule has 3 N–H and O–H groups in total. The Kier molecular flexibility index (Phi) is 8.43. The molecule has 0 spiro atoms. The maximum atomic E-state index is 6.15. The summed E-state index contributed by atoms with van der Waals surface area (Å²) in [5.74, 6) is 1.47. The second-order valence-corrected chi connectivity index (χ2v) is 6.92. The number of piperazine rings is 1. The summed E-state index contributed by atoms with van der Waals surface area (Å²) in [6.45, 7) is 11.6. The van der Waals surface area contributed by atoms with Crippen LogP contribution in [0.3, 0.4) is 0 Å². The van der Waals surface area contributed by atoms with Crippen LogP contribution in [0.5, 0.6) is 5.75 Å². The van der Waals surface area contributed by atoms with Crippen LogP contribution in [-0.4, -0.2) is 67.7 Å². The van der Waals surface area contributed by atoms with Crippen LogP contribution < -0.4 is 15.8 Å². The molecule has 0 amide bonds. The number of nitrogens with one attached hydrogen (secondary N) is 1. The van der Waals surface area contributed by atoms with Crippen LogP contribution in [0.2, 0.25) is 0 Å². The number of ether oxygens (including phenoxy) is 1. The fraction of sp³-hybridized carbons (Fsp3) is 0.632. The summed E-state index contributed by atoms with van der Waals surface area (Å²) in [7, 11) is 0. The number of likely N-dealkylation sites (N-methyl/N-ethyl adjacent to an activating group) is 1. The second-order valence-electron chi connectivity index (χ2n) is 6.92. The molecule has 146 valence electrons. The number of para-hydroxylation sites is 1. The van der Waals surface area contributed by atoms with Crippen molar-refractivity contribution in [2.24, 2.45) is 10.7 Å². The molecular formula is C19H32IN5O. The molecule has 2 aliphatic heterocycles. The molecule has 1 saturated heterocycles. The van der Waals surface area contributed by atoms with E-state index in [1.165, 1.54) is 0 Å². The Morgan fingerprint density at radius 2 is 2.04 bits per heavy atom. The molecule has 1 aromatic carbocycles. The zero-order chi connectivity index (χ0) is 17.6. The minimum atomic E-state index is 0. The second kappa shape index (κ2) is 10.3. The van der Waals surface area contributed by atoms with Crippen molar-refractivity contribution in [1.82, 2.24) is 15.1 Å². The van der Waals surface area contributed by atoms with Gasteiger partial charge in [-0.2, -0.15) is 0 Å². The molecule has 7 heteroatoms. The van der Waals surface area contributed by atoms with Gasteiger partial charge in [0, 0.05) is 44.2 Å². The maximum Gasteiger partial charge on any atom is 0.189 e. The molecule has 1 aromatic rings. The Morgan fingerprint density at radius 3 is 2.77 bits per heavy atom. The molecule has 0 bridgehead atoms. The fourth-order valence-electron chi connectivity index (χ4n) is 3.58. The van der Waals surface area contributed by atoms with Gasteiger partial charge in [-0.3, -0.25) is 9.89 Å². The number of hydrogen-bond acceptors (Lipinski definition) is 4. The maximum absolute atomic E-state index is 6.15. The van der Waals surface area contributed by atoms with Gasteiger partial charge in [-0.1, -0.05) is 25.1 Å². The van der Waals surface area contributed by atoms with Gasteiger partial charge in [0.1, 0.15) is 5.75 Å². The summed E-state index contributed by atoms with van der Waals surface area (Å²) in [6, 6.07) is 8.73. The summed E-state index contributed by atoms with van der Waals surface area (Å²) in [5, 5.41) is 3.37. The third-order valence-corrected chi connectivity index (χ3v) is 5.28. The normalized spacial score (nSPS) is 22.7. The first-order chi connectivity index (χ1) is 12.2. The van der Waals surface area contributed by atoms with Crippen molar-refractivity contribution in [3.05, 3.63) is 29.8 Å². The number of nitrogens with zero attached hydrogens (tertiary/aromatic N) is 3. The molecule has 0 saturated carbocycles. The van der Waals surface area contributed by atoms with Gasteiger partial charge in [-0.15, -0.1) is 24.0 Å². The summed E-state index contributed by atoms with van der Waals surface area (Å²) in [5.41, 5.74) is 7.32. The number of rotatable bonds is 5. The highest BCUT2D eigenvalue weighted by Gasteiger charge is 2.22. The highest BCUT2D eigenvalue weighted by atomic mass is 127. The number of aliphatic imine (C=N–C) groups is 1. The summed E-state index contributed by atoms with van der Waals surface area (Å²) in [6.07, 6.45) is 0.905. The van der Waals surface area contributed by atoms with Crippen LogP contribution in [0, 0.1) is 0 Å². The first kappa shape index (κ1) is 21.2. The third kappa shape index (κ3) is 5.47. The number of halogens is 1. The highest BCUT2D eigenvalue weighted by Crippen LogP contribution is 2.31. The van der Waals surface area contributed by atoms with E-state index in [0.717, 1.165) is 57.0 Å². The van der Waals surface area contributed by atoms with Crippen LogP contribution in [0.15, 0.2) is 29.3 Å². The molecule has 3 rings (SSSR count).